The van der Waals surface area contributed by atoms with Gasteiger partial charge in [0.05, 0.1) is 5.56 Å². The summed E-state index contributed by atoms with van der Waals surface area (Å²) in [5.74, 6) is 12.5. The molecule has 0 saturated heterocycles. The minimum atomic E-state index is -1.15. The lowest BCUT2D eigenvalue weighted by Crippen LogP contribution is -2.49. The van der Waals surface area contributed by atoms with E-state index in [1.165, 1.54) is 6.20 Å². The number of amides is 2. The first-order valence-electron chi connectivity index (χ1n) is 17.5. The summed E-state index contributed by atoms with van der Waals surface area (Å²) < 4.78 is 11.1. The molecule has 2 fully saturated rings. The van der Waals surface area contributed by atoms with Gasteiger partial charge in [0.1, 0.15) is 11.2 Å². The average Bonchev–Trinajstić information content (AvgIpc) is 3.59. The van der Waals surface area contributed by atoms with Gasteiger partial charge in [0.2, 0.25) is 0 Å². The number of pyridine rings is 1. The van der Waals surface area contributed by atoms with Crippen LogP contribution in [0.15, 0.2) is 97.3 Å². The van der Waals surface area contributed by atoms with Crippen molar-refractivity contribution in [2.24, 2.45) is 0 Å². The number of fused-ring (bicyclic) bond motifs is 1. The van der Waals surface area contributed by atoms with Crippen LogP contribution in [-0.4, -0.2) is 56.6 Å². The van der Waals surface area contributed by atoms with E-state index in [2.05, 4.69) is 39.3 Å². The lowest BCUT2D eigenvalue weighted by molar-refractivity contribution is -0.138. The number of nitrogens with zero attached hydrogens (tertiary/aromatic N) is 1. The number of carbonyl (C=O) groups is 2. The number of para-hydroxylation sites is 2. The largest absolute Gasteiger partial charge is 0.442 e. The van der Waals surface area contributed by atoms with Gasteiger partial charge in [-0.1, -0.05) is 71.1 Å². The molecule has 0 radical (unpaired) electrons. The van der Waals surface area contributed by atoms with E-state index in [0.29, 0.717) is 52.8 Å². The highest BCUT2D eigenvalue weighted by molar-refractivity contribution is 6.31. The minimum Gasteiger partial charge on any atom is -0.442 e. The maximum absolute atomic E-state index is 12.5. The monoisotopic (exact) mass is 751 g/mol. The molecule has 1 aliphatic heterocycles. The number of benzene rings is 3. The Bertz CT molecular complexity index is 2030. The fourth-order valence-corrected chi connectivity index (χ4v) is 6.91. The quantitative estimate of drug-likeness (QED) is 0.176. The molecule has 4 aromatic rings. The van der Waals surface area contributed by atoms with E-state index >= 15 is 0 Å². The van der Waals surface area contributed by atoms with E-state index < -0.39 is 17.5 Å². The zero-order chi connectivity index (χ0) is 37.3. The highest BCUT2D eigenvalue weighted by Crippen LogP contribution is 2.34. The van der Waals surface area contributed by atoms with Gasteiger partial charge in [-0.15, -0.1) is 0 Å². The molecule has 2 amide bonds. The van der Waals surface area contributed by atoms with Crippen LogP contribution >= 0.6 is 23.2 Å². The van der Waals surface area contributed by atoms with Crippen molar-refractivity contribution < 1.29 is 29.3 Å². The topological polar surface area (TPSA) is 130 Å². The lowest BCUT2D eigenvalue weighted by atomic mass is 9.82. The molecule has 2 aliphatic carbocycles. The van der Waals surface area contributed by atoms with E-state index in [9.17, 15) is 19.8 Å². The van der Waals surface area contributed by atoms with Crippen molar-refractivity contribution in [2.75, 3.05) is 0 Å². The van der Waals surface area contributed by atoms with Crippen molar-refractivity contribution in [2.45, 2.75) is 80.9 Å². The molecule has 7 rings (SSSR count). The first-order chi connectivity index (χ1) is 25.5. The molecule has 0 unspecified atom stereocenters. The average molecular weight is 753 g/mol. The second-order valence-electron chi connectivity index (χ2n) is 13.4. The van der Waals surface area contributed by atoms with E-state index in [-0.39, 0.29) is 23.9 Å². The summed E-state index contributed by atoms with van der Waals surface area (Å²) in [6.45, 7) is 0. The Kier molecular flexibility index (Phi) is 12.2. The SMILES string of the molecule is O=C(N[C@@H]1CCC[C@](O)(C#Cc2cccc(Cl)c2)C1)c1cccnc1.O=C(N[C@H]1CCC[C@@](O)(C#Cc2cccc(Cl)c2)C1)C1Oc2ccccc2O1. The Morgan fingerprint density at radius 1 is 0.736 bits per heavy atom. The standard InChI is InChI=1S/C22H20ClNO4.C20H19ClN2O2/c23-16-6-3-5-15(13-16)10-12-22(26)11-4-7-17(14-22)24-20(25)21-27-18-8-1-2-9-19(18)28-21;21-17-6-1-4-15(12-17)8-10-20(25)9-2-7-18(13-20)23-19(24)16-5-3-11-22-14-16/h1-3,5-6,8-9,13,17,21,26H,4,7,11,14H2,(H,24,25);1,3-6,11-12,14,18,25H,2,7,9,13H2,(H,23,24)/t17-,22+;18-,20+/m01/s1. The predicted molar refractivity (Wildman–Crippen MR) is 202 cm³/mol. The molecule has 2 heterocycles. The van der Waals surface area contributed by atoms with Gasteiger partial charge in [-0.2, -0.15) is 0 Å². The van der Waals surface area contributed by atoms with Gasteiger partial charge in [0.15, 0.2) is 11.5 Å². The molecule has 3 aliphatic rings. The number of halogens is 2. The molecule has 11 heteroatoms. The van der Waals surface area contributed by atoms with Crippen LogP contribution in [0.4, 0.5) is 0 Å². The van der Waals surface area contributed by atoms with Crippen LogP contribution in [0.3, 0.4) is 0 Å². The Labute approximate surface area is 319 Å². The first kappa shape index (κ1) is 37.7. The predicted octanol–water partition coefficient (Wildman–Crippen LogP) is 6.47. The van der Waals surface area contributed by atoms with Gasteiger partial charge in [-0.25, -0.2) is 0 Å². The van der Waals surface area contributed by atoms with Gasteiger partial charge < -0.3 is 30.3 Å². The molecule has 2 saturated carbocycles. The van der Waals surface area contributed by atoms with Crippen molar-refractivity contribution in [3.05, 3.63) is 124 Å². The molecular formula is C42H39Cl2N3O6. The maximum Gasteiger partial charge on any atom is 0.321 e. The number of rotatable bonds is 4. The Hall–Kier alpha value is -5.03. The molecule has 4 atom stereocenters. The Morgan fingerprint density at radius 2 is 1.28 bits per heavy atom. The van der Waals surface area contributed by atoms with Crippen molar-refractivity contribution in [3.63, 3.8) is 0 Å². The highest BCUT2D eigenvalue weighted by atomic mass is 35.5. The summed E-state index contributed by atoms with van der Waals surface area (Å²) in [6.07, 6.45) is 7.24. The van der Waals surface area contributed by atoms with E-state index in [1.807, 2.05) is 36.4 Å². The maximum atomic E-state index is 12.5. The van der Waals surface area contributed by atoms with Gasteiger partial charge in [0.25, 0.3) is 5.91 Å². The van der Waals surface area contributed by atoms with Crippen LogP contribution in [0.2, 0.25) is 10.0 Å². The van der Waals surface area contributed by atoms with Crippen molar-refractivity contribution in [1.29, 1.82) is 0 Å². The number of ether oxygens (including phenoxy) is 2. The summed E-state index contributed by atoms with van der Waals surface area (Å²) in [5, 5.41) is 28.8. The molecule has 4 N–H and O–H groups in total. The number of aliphatic hydroxyl groups is 2. The lowest BCUT2D eigenvalue weighted by Gasteiger charge is -2.33. The third-order valence-electron chi connectivity index (χ3n) is 9.12. The number of carbonyl (C=O) groups excluding carboxylic acids is 2. The summed E-state index contributed by atoms with van der Waals surface area (Å²) in [7, 11) is 0. The second-order valence-corrected chi connectivity index (χ2v) is 14.3. The van der Waals surface area contributed by atoms with Crippen LogP contribution in [0, 0.1) is 23.7 Å². The van der Waals surface area contributed by atoms with Gasteiger partial charge in [-0.3, -0.25) is 14.6 Å². The molecule has 9 nitrogen and oxygen atoms in total. The van der Waals surface area contributed by atoms with Gasteiger partial charge >= 0.3 is 12.2 Å². The Balaban J connectivity index is 0.000000183. The number of nitrogens with one attached hydrogen (secondary N) is 2. The first-order valence-corrected chi connectivity index (χ1v) is 18.3. The fraction of sp³-hybridized carbons (Fsp3) is 0.310. The van der Waals surface area contributed by atoms with E-state index in [1.54, 1.807) is 54.7 Å². The second kappa shape index (κ2) is 17.2. The van der Waals surface area contributed by atoms with E-state index in [0.717, 1.165) is 36.8 Å². The zero-order valence-corrected chi connectivity index (χ0v) is 30.4. The molecule has 53 heavy (non-hydrogen) atoms. The summed E-state index contributed by atoms with van der Waals surface area (Å²) in [6, 6.07) is 24.7. The molecule has 1 aromatic heterocycles. The summed E-state index contributed by atoms with van der Waals surface area (Å²) in [4.78, 5) is 28.7. The molecule has 272 valence electrons. The number of aromatic nitrogens is 1. The Morgan fingerprint density at radius 3 is 1.79 bits per heavy atom. The summed E-state index contributed by atoms with van der Waals surface area (Å²) >= 11 is 11.9. The van der Waals surface area contributed by atoms with Crippen molar-refractivity contribution in [1.82, 2.24) is 15.6 Å². The molecule has 3 aromatic carbocycles. The number of hydrogen-bond acceptors (Lipinski definition) is 7. The smallest absolute Gasteiger partial charge is 0.321 e. The van der Waals surface area contributed by atoms with E-state index in [4.69, 9.17) is 32.7 Å². The van der Waals surface area contributed by atoms with Crippen molar-refractivity contribution in [3.8, 4) is 35.2 Å². The number of hydrogen-bond donors (Lipinski definition) is 4. The van der Waals surface area contributed by atoms with Crippen LogP contribution in [-0.2, 0) is 4.79 Å². The van der Waals surface area contributed by atoms with Gasteiger partial charge in [-0.05, 0) is 99.2 Å². The summed E-state index contributed by atoms with van der Waals surface area (Å²) in [5.41, 5.74) is -0.228. The molecule has 0 bridgehead atoms. The van der Waals surface area contributed by atoms with Crippen LogP contribution < -0.4 is 20.1 Å². The minimum absolute atomic E-state index is 0.111. The van der Waals surface area contributed by atoms with Gasteiger partial charge in [0, 0.05) is 58.5 Å². The molecular weight excluding hydrogens is 713 g/mol. The van der Waals surface area contributed by atoms with Crippen molar-refractivity contribution >= 4 is 35.0 Å². The third-order valence-corrected chi connectivity index (χ3v) is 9.59. The van der Waals surface area contributed by atoms with Crippen LogP contribution in [0.25, 0.3) is 0 Å². The normalized spacial score (nSPS) is 23.1. The zero-order valence-electron chi connectivity index (χ0n) is 28.9. The fourth-order valence-electron chi connectivity index (χ4n) is 6.53. The molecule has 0 spiro atoms. The van der Waals surface area contributed by atoms with Crippen LogP contribution in [0.5, 0.6) is 11.5 Å². The highest BCUT2D eigenvalue weighted by Gasteiger charge is 2.37. The third kappa shape index (κ3) is 10.8. The van der Waals surface area contributed by atoms with Crippen LogP contribution in [0.1, 0.15) is 72.9 Å².